The fourth-order valence-electron chi connectivity index (χ4n) is 2.81. The van der Waals surface area contributed by atoms with E-state index in [1.165, 1.54) is 4.46 Å². The van der Waals surface area contributed by atoms with Crippen molar-refractivity contribution >= 4 is 19.4 Å². The molecule has 3 fully saturated rings. The Kier molecular flexibility index (Phi) is 1.80. The Bertz CT molecular complexity index is 376. The number of benzene rings is 1. The molecule has 2 bridgehead atoms. The monoisotopic (exact) mass is 268 g/mol. The summed E-state index contributed by atoms with van der Waals surface area (Å²) in [7, 11) is 0. The molecule has 1 aromatic carbocycles. The van der Waals surface area contributed by atoms with Crippen LogP contribution in [-0.2, 0) is 9.47 Å². The Labute approximate surface area is 95.1 Å². The number of rotatable bonds is 2. The van der Waals surface area contributed by atoms with Crippen molar-refractivity contribution in [3.05, 3.63) is 30.3 Å². The van der Waals surface area contributed by atoms with E-state index in [1.54, 1.807) is 0 Å². The van der Waals surface area contributed by atoms with Gasteiger partial charge in [0.05, 0.1) is 0 Å². The molecule has 15 heavy (non-hydrogen) atoms. The van der Waals surface area contributed by atoms with Crippen molar-refractivity contribution in [2.24, 2.45) is 0 Å². The van der Waals surface area contributed by atoms with Crippen LogP contribution in [0.1, 0.15) is 6.42 Å². The molecule has 0 saturated carbocycles. The number of hydrogen-bond acceptors (Lipinski definition) is 2. The molecule has 3 aliphatic heterocycles. The van der Waals surface area contributed by atoms with Crippen LogP contribution in [0.5, 0.6) is 0 Å². The summed E-state index contributed by atoms with van der Waals surface area (Å²) in [5, 5.41) is 0. The van der Waals surface area contributed by atoms with Crippen LogP contribution in [0.25, 0.3) is 0 Å². The van der Waals surface area contributed by atoms with E-state index in [2.05, 4.69) is 30.3 Å². The Morgan fingerprint density at radius 1 is 1.00 bits per heavy atom. The van der Waals surface area contributed by atoms with Crippen LogP contribution in [0.15, 0.2) is 30.3 Å². The van der Waals surface area contributed by atoms with E-state index in [0.29, 0.717) is 44.2 Å². The Morgan fingerprint density at radius 2 is 1.80 bits per heavy atom. The van der Waals surface area contributed by atoms with Crippen molar-refractivity contribution in [2.75, 3.05) is 0 Å². The van der Waals surface area contributed by atoms with E-state index < -0.39 is 0 Å². The maximum atomic E-state index is 5.91. The Morgan fingerprint density at radius 3 is 2.47 bits per heavy atom. The van der Waals surface area contributed by atoms with E-state index in [4.69, 9.17) is 9.47 Å². The number of ether oxygens (including phenoxy) is 2. The molecule has 4 rings (SSSR count). The van der Waals surface area contributed by atoms with Crippen LogP contribution in [0.3, 0.4) is 0 Å². The molecule has 78 valence electrons. The molecule has 0 radical (unpaired) electrons. The molecular formula is C12H12O2Se. The SMILES string of the molecule is c1ccc([Se][C@@H]2[C@H]3O[C@H]4C[C@@H]2O[C@@H]34)cc1. The molecule has 0 spiro atoms. The molecule has 0 aromatic heterocycles. The first-order chi connectivity index (χ1) is 7.42. The van der Waals surface area contributed by atoms with Gasteiger partial charge in [-0.25, -0.2) is 0 Å². The van der Waals surface area contributed by atoms with Crippen LogP contribution in [0.4, 0.5) is 0 Å². The standard InChI is InChI=1S/C12H12O2Se/c1-2-4-7(5-3-1)15-12-9-6-8-10(14-9)11(12)13-8/h1-5,8-12H,6H2/t8-,9-,10+,11-,12-/m0/s1. The van der Waals surface area contributed by atoms with Gasteiger partial charge in [-0.1, -0.05) is 0 Å². The minimum atomic E-state index is 0.425. The average molecular weight is 267 g/mol. The molecule has 0 amide bonds. The van der Waals surface area contributed by atoms with Gasteiger partial charge < -0.3 is 0 Å². The third-order valence-electron chi connectivity index (χ3n) is 3.52. The summed E-state index contributed by atoms with van der Waals surface area (Å²) < 4.78 is 13.2. The van der Waals surface area contributed by atoms with Gasteiger partial charge in [0.1, 0.15) is 0 Å². The number of hydrogen-bond donors (Lipinski definition) is 0. The molecule has 0 unspecified atom stereocenters. The zero-order valence-electron chi connectivity index (χ0n) is 8.21. The normalized spacial score (nSPS) is 45.5. The Balaban J connectivity index is 1.56. The summed E-state index contributed by atoms with van der Waals surface area (Å²) in [5.74, 6) is 0. The summed E-state index contributed by atoms with van der Waals surface area (Å²) in [6.45, 7) is 0. The van der Waals surface area contributed by atoms with Gasteiger partial charge in [-0.05, 0) is 0 Å². The molecule has 0 aliphatic carbocycles. The van der Waals surface area contributed by atoms with E-state index in [9.17, 15) is 0 Å². The van der Waals surface area contributed by atoms with Gasteiger partial charge in [-0.3, -0.25) is 0 Å². The van der Waals surface area contributed by atoms with Crippen LogP contribution < -0.4 is 4.46 Å². The van der Waals surface area contributed by atoms with Crippen molar-refractivity contribution in [3.8, 4) is 0 Å². The second kappa shape index (κ2) is 3.08. The van der Waals surface area contributed by atoms with Crippen LogP contribution >= 0.6 is 0 Å². The van der Waals surface area contributed by atoms with Gasteiger partial charge in [0, 0.05) is 0 Å². The molecule has 3 heteroatoms. The van der Waals surface area contributed by atoms with Gasteiger partial charge in [-0.2, -0.15) is 0 Å². The summed E-state index contributed by atoms with van der Waals surface area (Å²) in [6, 6.07) is 10.8. The topological polar surface area (TPSA) is 18.5 Å². The second-order valence-corrected chi connectivity index (χ2v) is 7.04. The molecule has 2 nitrogen and oxygen atoms in total. The fraction of sp³-hybridized carbons (Fsp3) is 0.500. The van der Waals surface area contributed by atoms with Gasteiger partial charge in [0.15, 0.2) is 0 Å². The molecule has 1 aromatic rings. The van der Waals surface area contributed by atoms with Crippen LogP contribution in [0, 0.1) is 0 Å². The molecule has 3 aliphatic rings. The third kappa shape index (κ3) is 1.18. The van der Waals surface area contributed by atoms with Crippen molar-refractivity contribution in [1.29, 1.82) is 0 Å². The molecule has 0 N–H and O–H groups in total. The van der Waals surface area contributed by atoms with E-state index in [-0.39, 0.29) is 0 Å². The third-order valence-corrected chi connectivity index (χ3v) is 6.44. The molecule has 3 heterocycles. The van der Waals surface area contributed by atoms with Gasteiger partial charge >= 0.3 is 94.9 Å². The second-order valence-electron chi connectivity index (χ2n) is 4.41. The van der Waals surface area contributed by atoms with Crippen molar-refractivity contribution in [3.63, 3.8) is 0 Å². The van der Waals surface area contributed by atoms with Gasteiger partial charge in [0.2, 0.25) is 0 Å². The predicted molar refractivity (Wildman–Crippen MR) is 57.5 cm³/mol. The molecule has 3 saturated heterocycles. The minimum absolute atomic E-state index is 0.425. The predicted octanol–water partition coefficient (Wildman–Crippen LogP) is 0.743. The summed E-state index contributed by atoms with van der Waals surface area (Å²) in [6.07, 6.45) is 2.96. The van der Waals surface area contributed by atoms with Gasteiger partial charge in [0.25, 0.3) is 0 Å². The first-order valence-electron chi connectivity index (χ1n) is 5.44. The Hall–Kier alpha value is -0.341. The van der Waals surface area contributed by atoms with E-state index in [1.807, 2.05) is 0 Å². The maximum absolute atomic E-state index is 5.91. The van der Waals surface area contributed by atoms with E-state index in [0.717, 1.165) is 6.42 Å². The number of fused-ring (bicyclic) bond motifs is 1. The van der Waals surface area contributed by atoms with Crippen molar-refractivity contribution in [2.45, 2.75) is 35.7 Å². The quantitative estimate of drug-likeness (QED) is 0.736. The summed E-state index contributed by atoms with van der Waals surface area (Å²) in [5.41, 5.74) is 0. The summed E-state index contributed by atoms with van der Waals surface area (Å²) >= 11 is 0.511. The van der Waals surface area contributed by atoms with E-state index >= 15 is 0 Å². The molecular weight excluding hydrogens is 255 g/mol. The fourth-order valence-corrected chi connectivity index (χ4v) is 5.55. The zero-order valence-corrected chi connectivity index (χ0v) is 9.92. The molecule has 5 atom stereocenters. The average Bonchev–Trinajstić information content (AvgIpc) is 2.70. The van der Waals surface area contributed by atoms with Gasteiger partial charge in [-0.15, -0.1) is 0 Å². The van der Waals surface area contributed by atoms with Crippen molar-refractivity contribution in [1.82, 2.24) is 0 Å². The van der Waals surface area contributed by atoms with Crippen LogP contribution in [-0.4, -0.2) is 39.4 Å². The van der Waals surface area contributed by atoms with Crippen LogP contribution in [0.2, 0.25) is 4.82 Å². The first kappa shape index (κ1) is 8.77. The first-order valence-corrected chi connectivity index (χ1v) is 7.29. The zero-order chi connectivity index (χ0) is 9.83. The summed E-state index contributed by atoms with van der Waals surface area (Å²) in [4.78, 5) is 0.662. The van der Waals surface area contributed by atoms with Crippen molar-refractivity contribution < 1.29 is 9.47 Å².